The van der Waals surface area contributed by atoms with Gasteiger partial charge in [-0.3, -0.25) is 4.79 Å². The molecule has 20 heavy (non-hydrogen) atoms. The Hall–Kier alpha value is -1.69. The van der Waals surface area contributed by atoms with E-state index in [4.69, 9.17) is 4.74 Å². The molecule has 112 valence electrons. The van der Waals surface area contributed by atoms with Gasteiger partial charge in [-0.25, -0.2) is 9.97 Å². The molecule has 1 aromatic heterocycles. The van der Waals surface area contributed by atoms with Crippen LogP contribution in [0.4, 0.5) is 5.95 Å². The van der Waals surface area contributed by atoms with Crippen molar-refractivity contribution < 1.29 is 9.53 Å². The summed E-state index contributed by atoms with van der Waals surface area (Å²) in [7, 11) is 1.67. The molecule has 0 radical (unpaired) electrons. The predicted octanol–water partition coefficient (Wildman–Crippen LogP) is 1.84. The van der Waals surface area contributed by atoms with Gasteiger partial charge < -0.3 is 15.4 Å². The van der Waals surface area contributed by atoms with Crippen LogP contribution in [0.2, 0.25) is 0 Å². The number of methoxy groups -OCH3 is 1. The third-order valence-corrected chi connectivity index (χ3v) is 2.79. The van der Waals surface area contributed by atoms with Crippen LogP contribution in [0.1, 0.15) is 43.0 Å². The van der Waals surface area contributed by atoms with Crippen LogP contribution in [0.25, 0.3) is 0 Å². The number of nitrogens with zero attached hydrogens (tertiary/aromatic N) is 2. The molecule has 1 rings (SSSR count). The van der Waals surface area contributed by atoms with Gasteiger partial charge in [-0.15, -0.1) is 0 Å². The molecule has 0 aromatic carbocycles. The summed E-state index contributed by atoms with van der Waals surface area (Å²) >= 11 is 0. The largest absolute Gasteiger partial charge is 0.385 e. The highest BCUT2D eigenvalue weighted by molar-refractivity contribution is 5.93. The normalized spacial score (nSPS) is 10.3. The van der Waals surface area contributed by atoms with E-state index in [1.807, 2.05) is 0 Å². The van der Waals surface area contributed by atoms with E-state index in [9.17, 15) is 4.79 Å². The molecule has 0 aliphatic heterocycles. The van der Waals surface area contributed by atoms with Crippen LogP contribution in [-0.4, -0.2) is 42.7 Å². The Morgan fingerprint density at radius 2 is 1.95 bits per heavy atom. The van der Waals surface area contributed by atoms with Gasteiger partial charge in [0.2, 0.25) is 5.95 Å². The Balaban J connectivity index is 2.31. The highest BCUT2D eigenvalue weighted by Gasteiger charge is 2.06. The SMILES string of the molecule is CCCCCNC(=O)c1cnc(NCCCOC)nc1. The molecule has 0 aliphatic carbocycles. The summed E-state index contributed by atoms with van der Waals surface area (Å²) < 4.78 is 4.95. The molecule has 1 aromatic rings. The number of unbranched alkanes of at least 4 members (excludes halogenated alkanes) is 2. The van der Waals surface area contributed by atoms with Gasteiger partial charge in [-0.05, 0) is 12.8 Å². The van der Waals surface area contributed by atoms with Crippen molar-refractivity contribution in [1.29, 1.82) is 0 Å². The highest BCUT2D eigenvalue weighted by Crippen LogP contribution is 2.01. The van der Waals surface area contributed by atoms with E-state index < -0.39 is 0 Å². The van der Waals surface area contributed by atoms with Gasteiger partial charge in [0.25, 0.3) is 5.91 Å². The van der Waals surface area contributed by atoms with Crippen molar-refractivity contribution in [1.82, 2.24) is 15.3 Å². The molecule has 0 aliphatic rings. The second-order valence-electron chi connectivity index (χ2n) is 4.53. The second-order valence-corrected chi connectivity index (χ2v) is 4.53. The summed E-state index contributed by atoms with van der Waals surface area (Å²) in [6.07, 6.45) is 7.24. The van der Waals surface area contributed by atoms with Gasteiger partial charge in [0.1, 0.15) is 0 Å². The average molecular weight is 280 g/mol. The minimum absolute atomic E-state index is 0.118. The first kappa shape index (κ1) is 16.4. The zero-order chi connectivity index (χ0) is 14.6. The number of carbonyl (C=O) groups is 1. The van der Waals surface area contributed by atoms with Gasteiger partial charge in [-0.2, -0.15) is 0 Å². The maximum atomic E-state index is 11.8. The second kappa shape index (κ2) is 10.1. The zero-order valence-corrected chi connectivity index (χ0v) is 12.3. The van der Waals surface area contributed by atoms with Crippen molar-refractivity contribution in [3.8, 4) is 0 Å². The van der Waals surface area contributed by atoms with E-state index in [2.05, 4.69) is 27.5 Å². The molecule has 2 N–H and O–H groups in total. The number of hydrogen-bond donors (Lipinski definition) is 2. The van der Waals surface area contributed by atoms with Crippen LogP contribution in [-0.2, 0) is 4.74 Å². The predicted molar refractivity (Wildman–Crippen MR) is 78.9 cm³/mol. The number of amides is 1. The van der Waals surface area contributed by atoms with E-state index >= 15 is 0 Å². The van der Waals surface area contributed by atoms with Crippen LogP contribution in [0, 0.1) is 0 Å². The zero-order valence-electron chi connectivity index (χ0n) is 12.3. The van der Waals surface area contributed by atoms with E-state index in [0.717, 1.165) is 32.2 Å². The van der Waals surface area contributed by atoms with E-state index in [0.29, 0.717) is 24.7 Å². The summed E-state index contributed by atoms with van der Waals surface area (Å²) in [5.74, 6) is 0.413. The molecule has 6 nitrogen and oxygen atoms in total. The molecule has 1 amide bonds. The minimum Gasteiger partial charge on any atom is -0.385 e. The third-order valence-electron chi connectivity index (χ3n) is 2.79. The van der Waals surface area contributed by atoms with Crippen molar-refractivity contribution in [2.45, 2.75) is 32.6 Å². The number of anilines is 1. The lowest BCUT2D eigenvalue weighted by atomic mass is 10.2. The number of carbonyl (C=O) groups excluding carboxylic acids is 1. The number of nitrogens with one attached hydrogen (secondary N) is 2. The maximum Gasteiger partial charge on any atom is 0.254 e. The molecular weight excluding hydrogens is 256 g/mol. The van der Waals surface area contributed by atoms with Crippen LogP contribution in [0.15, 0.2) is 12.4 Å². The molecule has 0 saturated carbocycles. The first-order valence-electron chi connectivity index (χ1n) is 7.11. The molecule has 0 unspecified atom stereocenters. The van der Waals surface area contributed by atoms with Gasteiger partial charge in [0, 0.05) is 39.2 Å². The Morgan fingerprint density at radius 1 is 1.20 bits per heavy atom. The summed E-state index contributed by atoms with van der Waals surface area (Å²) in [6, 6.07) is 0. The van der Waals surface area contributed by atoms with Gasteiger partial charge in [0.15, 0.2) is 0 Å². The number of ether oxygens (including phenoxy) is 1. The van der Waals surface area contributed by atoms with Gasteiger partial charge in [0.05, 0.1) is 5.56 Å². The minimum atomic E-state index is -0.118. The van der Waals surface area contributed by atoms with Gasteiger partial charge >= 0.3 is 0 Å². The lowest BCUT2D eigenvalue weighted by molar-refractivity contribution is 0.0952. The molecular formula is C14H24N4O2. The first-order valence-corrected chi connectivity index (χ1v) is 7.11. The average Bonchev–Trinajstić information content (AvgIpc) is 2.48. The smallest absolute Gasteiger partial charge is 0.254 e. The summed E-state index contributed by atoms with van der Waals surface area (Å²) in [6.45, 7) is 4.28. The van der Waals surface area contributed by atoms with Crippen LogP contribution >= 0.6 is 0 Å². The number of aromatic nitrogens is 2. The molecule has 0 fully saturated rings. The fourth-order valence-corrected chi connectivity index (χ4v) is 1.63. The lowest BCUT2D eigenvalue weighted by Crippen LogP contribution is -2.24. The van der Waals surface area contributed by atoms with E-state index in [1.165, 1.54) is 0 Å². The highest BCUT2D eigenvalue weighted by atomic mass is 16.5. The van der Waals surface area contributed by atoms with Crippen LogP contribution in [0.5, 0.6) is 0 Å². The Morgan fingerprint density at radius 3 is 2.60 bits per heavy atom. The molecule has 0 atom stereocenters. The lowest BCUT2D eigenvalue weighted by Gasteiger charge is -2.06. The van der Waals surface area contributed by atoms with Crippen molar-refractivity contribution in [2.24, 2.45) is 0 Å². The maximum absolute atomic E-state index is 11.8. The first-order chi connectivity index (χ1) is 9.77. The molecule has 0 saturated heterocycles. The van der Waals surface area contributed by atoms with Gasteiger partial charge in [-0.1, -0.05) is 19.8 Å². The van der Waals surface area contributed by atoms with Crippen LogP contribution < -0.4 is 10.6 Å². The number of hydrogen-bond acceptors (Lipinski definition) is 5. The van der Waals surface area contributed by atoms with Crippen molar-refractivity contribution in [3.05, 3.63) is 18.0 Å². The topological polar surface area (TPSA) is 76.1 Å². The van der Waals surface area contributed by atoms with E-state index in [1.54, 1.807) is 19.5 Å². The number of rotatable bonds is 10. The third kappa shape index (κ3) is 6.47. The fourth-order valence-electron chi connectivity index (χ4n) is 1.63. The van der Waals surface area contributed by atoms with Crippen LogP contribution in [0.3, 0.4) is 0 Å². The fraction of sp³-hybridized carbons (Fsp3) is 0.643. The summed E-state index contributed by atoms with van der Waals surface area (Å²) in [5.41, 5.74) is 0.490. The standard InChI is InChI=1S/C14H24N4O2/c1-3-4-5-7-15-13(19)12-10-17-14(18-11-12)16-8-6-9-20-2/h10-11H,3-9H2,1-2H3,(H,15,19)(H,16,17,18). The van der Waals surface area contributed by atoms with E-state index in [-0.39, 0.29) is 5.91 Å². The Kier molecular flexibility index (Phi) is 8.30. The molecule has 6 heteroatoms. The molecule has 0 spiro atoms. The van der Waals surface area contributed by atoms with Crippen molar-refractivity contribution in [3.63, 3.8) is 0 Å². The Labute approximate surface area is 120 Å². The summed E-state index contributed by atoms with van der Waals surface area (Å²) in [5, 5.41) is 5.93. The van der Waals surface area contributed by atoms with Crippen molar-refractivity contribution in [2.75, 3.05) is 32.1 Å². The summed E-state index contributed by atoms with van der Waals surface area (Å²) in [4.78, 5) is 20.0. The monoisotopic (exact) mass is 280 g/mol. The van der Waals surface area contributed by atoms with Crippen molar-refractivity contribution >= 4 is 11.9 Å². The molecule has 0 bridgehead atoms. The Bertz CT molecular complexity index is 381. The quantitative estimate of drug-likeness (QED) is 0.640. The molecule has 1 heterocycles.